The van der Waals surface area contributed by atoms with Crippen LogP contribution in [0.15, 0.2) is 29.2 Å². The molecule has 1 aromatic rings. The molecule has 1 heterocycles. The molecule has 0 spiro atoms. The molecule has 1 fully saturated rings. The highest BCUT2D eigenvalue weighted by Gasteiger charge is 2.35. The number of rotatable bonds is 4. The molecule has 1 amide bonds. The van der Waals surface area contributed by atoms with Gasteiger partial charge in [-0.1, -0.05) is 12.1 Å². The molecule has 0 aromatic heterocycles. The lowest BCUT2D eigenvalue weighted by Crippen LogP contribution is -2.46. The van der Waals surface area contributed by atoms with Gasteiger partial charge in [0.05, 0.1) is 11.3 Å². The molecule has 24 heavy (non-hydrogen) atoms. The van der Waals surface area contributed by atoms with Crippen LogP contribution in [0.1, 0.15) is 18.4 Å². The lowest BCUT2D eigenvalue weighted by molar-refractivity contribution is -0.131. The molecule has 5 nitrogen and oxygen atoms in total. The van der Waals surface area contributed by atoms with E-state index in [-0.39, 0.29) is 18.4 Å². The van der Waals surface area contributed by atoms with E-state index in [1.807, 2.05) is 0 Å². The average Bonchev–Trinajstić information content (AvgIpc) is 2.45. The van der Waals surface area contributed by atoms with E-state index in [1.165, 1.54) is 12.1 Å². The molecular formula is C15H19F3N2O3S. The standard InChI is InChI=1S/C15H19F3N2O3S/c16-15(17,18)10-24(22,23)13-5-3-11(4-6-13)8-14(21)20-7-1-2-12(19)9-20/h3-6,12H,1-2,7-10,19H2. The summed E-state index contributed by atoms with van der Waals surface area (Å²) in [4.78, 5) is 13.4. The van der Waals surface area contributed by atoms with Crippen molar-refractivity contribution in [3.05, 3.63) is 29.8 Å². The Bertz CT molecular complexity index is 687. The first-order chi connectivity index (χ1) is 11.1. The highest BCUT2D eigenvalue weighted by atomic mass is 32.2. The number of piperidine rings is 1. The molecular weight excluding hydrogens is 345 g/mol. The zero-order valence-electron chi connectivity index (χ0n) is 12.9. The van der Waals surface area contributed by atoms with Gasteiger partial charge in [0.15, 0.2) is 15.6 Å². The summed E-state index contributed by atoms with van der Waals surface area (Å²) in [6.45, 7) is 1.11. The van der Waals surface area contributed by atoms with E-state index in [4.69, 9.17) is 5.73 Å². The number of benzene rings is 1. The van der Waals surface area contributed by atoms with Crippen LogP contribution in [0, 0.1) is 0 Å². The largest absolute Gasteiger partial charge is 0.403 e. The summed E-state index contributed by atoms with van der Waals surface area (Å²) in [7, 11) is -4.43. The van der Waals surface area contributed by atoms with Gasteiger partial charge in [-0.25, -0.2) is 8.42 Å². The second kappa shape index (κ2) is 7.10. The summed E-state index contributed by atoms with van der Waals surface area (Å²) < 4.78 is 60.2. The molecule has 1 unspecified atom stereocenters. The van der Waals surface area contributed by atoms with Gasteiger partial charge in [-0.3, -0.25) is 4.79 Å². The lowest BCUT2D eigenvalue weighted by atomic mass is 10.1. The third-order valence-electron chi connectivity index (χ3n) is 3.80. The van der Waals surface area contributed by atoms with Gasteiger partial charge in [-0.2, -0.15) is 13.2 Å². The quantitative estimate of drug-likeness (QED) is 0.878. The second-order valence-electron chi connectivity index (χ2n) is 5.94. The number of carbonyl (C=O) groups excluding carboxylic acids is 1. The molecule has 1 atom stereocenters. The summed E-state index contributed by atoms with van der Waals surface area (Å²) in [5.74, 6) is -2.03. The fourth-order valence-corrected chi connectivity index (χ4v) is 3.78. The van der Waals surface area contributed by atoms with Crippen LogP contribution in [-0.2, 0) is 21.1 Å². The van der Waals surface area contributed by atoms with Crippen LogP contribution in [0.3, 0.4) is 0 Å². The lowest BCUT2D eigenvalue weighted by Gasteiger charge is -2.30. The Morgan fingerprint density at radius 3 is 2.42 bits per heavy atom. The van der Waals surface area contributed by atoms with Crippen molar-refractivity contribution < 1.29 is 26.4 Å². The normalized spacial score (nSPS) is 19.3. The SMILES string of the molecule is NC1CCCN(C(=O)Cc2ccc(S(=O)(=O)CC(F)(F)F)cc2)C1. The summed E-state index contributed by atoms with van der Waals surface area (Å²) in [6.07, 6.45) is -3.02. The molecule has 0 aliphatic carbocycles. The third-order valence-corrected chi connectivity index (χ3v) is 5.50. The molecule has 9 heteroatoms. The van der Waals surface area contributed by atoms with Crippen LogP contribution in [0.25, 0.3) is 0 Å². The van der Waals surface area contributed by atoms with Crippen LogP contribution in [0.5, 0.6) is 0 Å². The van der Waals surface area contributed by atoms with Crippen LogP contribution in [-0.4, -0.2) is 50.3 Å². The number of amides is 1. The topological polar surface area (TPSA) is 80.5 Å². The second-order valence-corrected chi connectivity index (χ2v) is 7.93. The Morgan fingerprint density at radius 1 is 1.25 bits per heavy atom. The molecule has 1 aliphatic rings. The van der Waals surface area contributed by atoms with E-state index in [1.54, 1.807) is 4.90 Å². The average molecular weight is 364 g/mol. The number of likely N-dealkylation sites (tertiary alicyclic amines) is 1. The molecule has 2 N–H and O–H groups in total. The number of alkyl halides is 3. The molecule has 0 saturated carbocycles. The van der Waals surface area contributed by atoms with Crippen LogP contribution >= 0.6 is 0 Å². The highest BCUT2D eigenvalue weighted by Crippen LogP contribution is 2.23. The van der Waals surface area contributed by atoms with Gasteiger partial charge in [0, 0.05) is 19.1 Å². The van der Waals surface area contributed by atoms with E-state index in [0.29, 0.717) is 18.7 Å². The summed E-state index contributed by atoms with van der Waals surface area (Å²) in [6, 6.07) is 4.89. The maximum atomic E-state index is 12.3. The van der Waals surface area contributed by atoms with E-state index >= 15 is 0 Å². The number of nitrogens with two attached hydrogens (primary N) is 1. The van der Waals surface area contributed by atoms with Crippen molar-refractivity contribution in [3.8, 4) is 0 Å². The first-order valence-electron chi connectivity index (χ1n) is 7.49. The molecule has 0 bridgehead atoms. The smallest absolute Gasteiger partial charge is 0.341 e. The number of halogens is 3. The minimum Gasteiger partial charge on any atom is -0.341 e. The van der Waals surface area contributed by atoms with E-state index in [0.717, 1.165) is 25.0 Å². The van der Waals surface area contributed by atoms with Gasteiger partial charge >= 0.3 is 6.18 Å². The van der Waals surface area contributed by atoms with Gasteiger partial charge < -0.3 is 10.6 Å². The van der Waals surface area contributed by atoms with Gasteiger partial charge in [0.2, 0.25) is 5.91 Å². The van der Waals surface area contributed by atoms with E-state index in [9.17, 15) is 26.4 Å². The Kier molecular flexibility index (Phi) is 5.54. The number of nitrogens with zero attached hydrogens (tertiary/aromatic N) is 1. The number of carbonyl (C=O) groups is 1. The number of hydrogen-bond acceptors (Lipinski definition) is 4. The monoisotopic (exact) mass is 364 g/mol. The summed E-state index contributed by atoms with van der Waals surface area (Å²) in [5.41, 5.74) is 6.37. The zero-order chi connectivity index (χ0) is 18.0. The fourth-order valence-electron chi connectivity index (χ4n) is 2.64. The Morgan fingerprint density at radius 2 is 1.88 bits per heavy atom. The van der Waals surface area contributed by atoms with Crippen molar-refractivity contribution in [2.24, 2.45) is 5.73 Å². The number of hydrogen-bond donors (Lipinski definition) is 1. The first-order valence-corrected chi connectivity index (χ1v) is 9.14. The Labute approximate surface area is 138 Å². The van der Waals surface area contributed by atoms with Crippen LogP contribution in [0.4, 0.5) is 13.2 Å². The van der Waals surface area contributed by atoms with E-state index in [2.05, 4.69) is 0 Å². The zero-order valence-corrected chi connectivity index (χ0v) is 13.7. The van der Waals surface area contributed by atoms with Crippen molar-refractivity contribution in [1.82, 2.24) is 4.90 Å². The molecule has 134 valence electrons. The minimum atomic E-state index is -4.79. The Hall–Kier alpha value is -1.61. The molecule has 1 aromatic carbocycles. The van der Waals surface area contributed by atoms with Gasteiger partial charge in [0.1, 0.15) is 0 Å². The van der Waals surface area contributed by atoms with Gasteiger partial charge in [0.25, 0.3) is 0 Å². The molecule has 1 aliphatic heterocycles. The maximum Gasteiger partial charge on any atom is 0.403 e. The van der Waals surface area contributed by atoms with Gasteiger partial charge in [-0.15, -0.1) is 0 Å². The molecule has 0 radical (unpaired) electrons. The van der Waals surface area contributed by atoms with Crippen molar-refractivity contribution in [2.75, 3.05) is 18.8 Å². The third kappa shape index (κ3) is 5.20. The van der Waals surface area contributed by atoms with Gasteiger partial charge in [-0.05, 0) is 30.5 Å². The van der Waals surface area contributed by atoms with E-state index < -0.39 is 26.7 Å². The van der Waals surface area contributed by atoms with Crippen molar-refractivity contribution in [1.29, 1.82) is 0 Å². The van der Waals surface area contributed by atoms with Crippen molar-refractivity contribution in [3.63, 3.8) is 0 Å². The van der Waals surface area contributed by atoms with Crippen LogP contribution in [0.2, 0.25) is 0 Å². The Balaban J connectivity index is 2.03. The maximum absolute atomic E-state index is 12.3. The molecule has 1 saturated heterocycles. The predicted octanol–water partition coefficient (Wildman–Crippen LogP) is 1.51. The van der Waals surface area contributed by atoms with Crippen molar-refractivity contribution >= 4 is 15.7 Å². The first kappa shape index (κ1) is 18.7. The fraction of sp³-hybridized carbons (Fsp3) is 0.533. The predicted molar refractivity (Wildman–Crippen MR) is 82.0 cm³/mol. The van der Waals surface area contributed by atoms with Crippen LogP contribution < -0.4 is 5.73 Å². The van der Waals surface area contributed by atoms with Crippen molar-refractivity contribution in [2.45, 2.75) is 36.4 Å². The number of sulfone groups is 1. The molecule has 2 rings (SSSR count). The summed E-state index contributed by atoms with van der Waals surface area (Å²) >= 11 is 0. The summed E-state index contributed by atoms with van der Waals surface area (Å²) in [5, 5.41) is 0. The minimum absolute atomic E-state index is 0.0439. The highest BCUT2D eigenvalue weighted by molar-refractivity contribution is 7.91.